The fourth-order valence-corrected chi connectivity index (χ4v) is 3.23. The van der Waals surface area contributed by atoms with Crippen molar-refractivity contribution in [3.63, 3.8) is 0 Å². The summed E-state index contributed by atoms with van der Waals surface area (Å²) in [5.74, 6) is -2.12. The van der Waals surface area contributed by atoms with E-state index in [1.807, 2.05) is 30.3 Å². The third kappa shape index (κ3) is 3.03. The maximum Gasteiger partial charge on any atom is 0.323 e. The van der Waals surface area contributed by atoms with E-state index in [0.29, 0.717) is 0 Å². The summed E-state index contributed by atoms with van der Waals surface area (Å²) in [5.41, 5.74) is -1.38. The van der Waals surface area contributed by atoms with Crippen molar-refractivity contribution in [1.82, 2.24) is 5.06 Å². The van der Waals surface area contributed by atoms with E-state index in [4.69, 9.17) is 9.57 Å². The van der Waals surface area contributed by atoms with Crippen molar-refractivity contribution in [3.05, 3.63) is 35.9 Å². The predicted octanol–water partition coefficient (Wildman–Crippen LogP) is 1.74. The molecule has 1 aromatic rings. The molecule has 1 fully saturated rings. The quantitative estimate of drug-likeness (QED) is 0.504. The Morgan fingerprint density at radius 1 is 1.25 bits per heavy atom. The number of aliphatic hydroxyl groups is 1. The molecule has 0 unspecified atom stereocenters. The van der Waals surface area contributed by atoms with Crippen LogP contribution in [0.25, 0.3) is 0 Å². The van der Waals surface area contributed by atoms with Gasteiger partial charge in [0.15, 0.2) is 5.41 Å². The van der Waals surface area contributed by atoms with E-state index >= 15 is 0 Å². The lowest BCUT2D eigenvalue weighted by Gasteiger charge is -2.26. The van der Waals surface area contributed by atoms with Crippen molar-refractivity contribution in [3.8, 4) is 0 Å². The van der Waals surface area contributed by atoms with Gasteiger partial charge in [-0.2, -0.15) is 0 Å². The molecule has 0 aliphatic heterocycles. The van der Waals surface area contributed by atoms with Crippen molar-refractivity contribution in [2.24, 2.45) is 11.3 Å². The SMILES string of the molecule is CON(C)C(=O)[C@]1(C(=O)OC(C)(C)C)[C@H](CO)[C@@H]1c1ccccc1. The average Bonchev–Trinajstić information content (AvgIpc) is 3.22. The van der Waals surface area contributed by atoms with Gasteiger partial charge in [-0.1, -0.05) is 30.3 Å². The fourth-order valence-electron chi connectivity index (χ4n) is 3.23. The van der Waals surface area contributed by atoms with E-state index in [1.165, 1.54) is 14.2 Å². The first-order valence-electron chi connectivity index (χ1n) is 7.91. The highest BCUT2D eigenvalue weighted by molar-refractivity contribution is 6.08. The molecule has 3 atom stereocenters. The van der Waals surface area contributed by atoms with Gasteiger partial charge < -0.3 is 9.84 Å². The van der Waals surface area contributed by atoms with Gasteiger partial charge in [-0.3, -0.25) is 14.4 Å². The molecule has 0 bridgehead atoms. The summed E-state index contributed by atoms with van der Waals surface area (Å²) >= 11 is 0. The molecule has 1 saturated carbocycles. The first-order chi connectivity index (χ1) is 11.2. The molecule has 6 heteroatoms. The smallest absolute Gasteiger partial charge is 0.323 e. The molecule has 1 aromatic carbocycles. The first-order valence-corrected chi connectivity index (χ1v) is 7.91. The number of amides is 1. The number of rotatable bonds is 5. The third-order valence-corrected chi connectivity index (χ3v) is 4.37. The fraction of sp³-hybridized carbons (Fsp3) is 0.556. The van der Waals surface area contributed by atoms with Gasteiger partial charge in [-0.15, -0.1) is 0 Å². The molecule has 0 saturated heterocycles. The van der Waals surface area contributed by atoms with Crippen molar-refractivity contribution < 1.29 is 24.3 Å². The monoisotopic (exact) mass is 335 g/mol. The summed E-state index contributed by atoms with van der Waals surface area (Å²) in [6.07, 6.45) is 0. The minimum atomic E-state index is -1.46. The summed E-state index contributed by atoms with van der Waals surface area (Å²) < 4.78 is 5.51. The van der Waals surface area contributed by atoms with Crippen molar-refractivity contribution in [1.29, 1.82) is 0 Å². The van der Waals surface area contributed by atoms with Gasteiger partial charge >= 0.3 is 5.97 Å². The number of carbonyl (C=O) groups is 2. The van der Waals surface area contributed by atoms with Gasteiger partial charge in [0.25, 0.3) is 5.91 Å². The number of esters is 1. The predicted molar refractivity (Wildman–Crippen MR) is 87.8 cm³/mol. The molecule has 24 heavy (non-hydrogen) atoms. The van der Waals surface area contributed by atoms with E-state index in [-0.39, 0.29) is 6.61 Å². The minimum absolute atomic E-state index is 0.290. The molecule has 0 heterocycles. The Morgan fingerprint density at radius 3 is 2.29 bits per heavy atom. The Kier molecular flexibility index (Phi) is 5.01. The second-order valence-corrected chi connectivity index (χ2v) is 7.03. The second kappa shape index (κ2) is 6.53. The zero-order valence-electron chi connectivity index (χ0n) is 14.8. The molecule has 0 radical (unpaired) electrons. The highest BCUT2D eigenvalue weighted by atomic mass is 16.7. The van der Waals surface area contributed by atoms with E-state index < -0.39 is 34.7 Å². The van der Waals surface area contributed by atoms with Gasteiger partial charge in [0.05, 0.1) is 7.11 Å². The summed E-state index contributed by atoms with van der Waals surface area (Å²) in [5, 5.41) is 10.8. The van der Waals surface area contributed by atoms with Gasteiger partial charge in [-0.05, 0) is 26.3 Å². The summed E-state index contributed by atoms with van der Waals surface area (Å²) in [7, 11) is 2.80. The Morgan fingerprint density at radius 2 is 1.83 bits per heavy atom. The van der Waals surface area contributed by atoms with Crippen LogP contribution in [0.3, 0.4) is 0 Å². The number of hydrogen-bond acceptors (Lipinski definition) is 5. The lowest BCUT2D eigenvalue weighted by molar-refractivity contribution is -0.186. The van der Waals surface area contributed by atoms with Crippen LogP contribution in [0.1, 0.15) is 32.3 Å². The molecule has 0 spiro atoms. The van der Waals surface area contributed by atoms with Gasteiger partial charge in [0.1, 0.15) is 5.60 Å². The summed E-state index contributed by atoms with van der Waals surface area (Å²) in [6, 6.07) is 9.23. The maximum absolute atomic E-state index is 12.9. The van der Waals surface area contributed by atoms with E-state index in [0.717, 1.165) is 10.6 Å². The number of hydrogen-bond donors (Lipinski definition) is 1. The van der Waals surface area contributed by atoms with Crippen LogP contribution >= 0.6 is 0 Å². The van der Waals surface area contributed by atoms with Crippen LogP contribution in [0.2, 0.25) is 0 Å². The van der Waals surface area contributed by atoms with Crippen molar-refractivity contribution >= 4 is 11.9 Å². The molecular formula is C18H25NO5. The van der Waals surface area contributed by atoms with Gasteiger partial charge in [0.2, 0.25) is 0 Å². The maximum atomic E-state index is 12.9. The lowest BCUT2D eigenvalue weighted by Crippen LogP contribution is -2.43. The van der Waals surface area contributed by atoms with Crippen LogP contribution in [0.15, 0.2) is 30.3 Å². The molecule has 1 N–H and O–H groups in total. The number of hydroxylamine groups is 2. The molecule has 1 aliphatic rings. The number of benzene rings is 1. The zero-order chi connectivity index (χ0) is 18.1. The number of carbonyl (C=O) groups excluding carboxylic acids is 2. The van der Waals surface area contributed by atoms with Crippen LogP contribution in [0, 0.1) is 11.3 Å². The van der Waals surface area contributed by atoms with E-state index in [2.05, 4.69) is 0 Å². The van der Waals surface area contributed by atoms with Crippen LogP contribution in [-0.4, -0.2) is 48.4 Å². The highest BCUT2D eigenvalue weighted by Crippen LogP contribution is 2.66. The minimum Gasteiger partial charge on any atom is -0.459 e. The Bertz CT molecular complexity index is 610. The number of nitrogens with zero attached hydrogens (tertiary/aromatic N) is 1. The summed E-state index contributed by atoms with van der Waals surface area (Å²) in [4.78, 5) is 30.8. The topological polar surface area (TPSA) is 76.1 Å². The first kappa shape index (κ1) is 18.4. The summed E-state index contributed by atoms with van der Waals surface area (Å²) in [6.45, 7) is 4.95. The zero-order valence-corrected chi connectivity index (χ0v) is 14.8. The molecule has 132 valence electrons. The number of ether oxygens (including phenoxy) is 1. The number of aliphatic hydroxyl groups excluding tert-OH is 1. The Hall–Kier alpha value is -1.92. The second-order valence-electron chi connectivity index (χ2n) is 7.03. The molecule has 1 amide bonds. The van der Waals surface area contributed by atoms with Crippen LogP contribution < -0.4 is 0 Å². The lowest BCUT2D eigenvalue weighted by atomic mass is 9.97. The van der Waals surface area contributed by atoms with Crippen LogP contribution in [-0.2, 0) is 19.2 Å². The molecule has 6 nitrogen and oxygen atoms in total. The largest absolute Gasteiger partial charge is 0.459 e. The third-order valence-electron chi connectivity index (χ3n) is 4.37. The standard InChI is InChI=1S/C18H25NO5/c1-17(2,3)24-16(22)18(15(21)19(4)23-5)13(11-20)14(18)12-9-7-6-8-10-12/h6-10,13-14,20H,11H2,1-5H3/t13-,14+,18+/m1/s1. The molecule has 0 aromatic heterocycles. The van der Waals surface area contributed by atoms with Crippen molar-refractivity contribution in [2.75, 3.05) is 20.8 Å². The Balaban J connectivity index is 2.48. The van der Waals surface area contributed by atoms with Crippen LogP contribution in [0.4, 0.5) is 0 Å². The van der Waals surface area contributed by atoms with Gasteiger partial charge in [0, 0.05) is 25.5 Å². The van der Waals surface area contributed by atoms with Gasteiger partial charge in [-0.25, -0.2) is 5.06 Å². The molecule has 1 aliphatic carbocycles. The van der Waals surface area contributed by atoms with Crippen LogP contribution in [0.5, 0.6) is 0 Å². The highest BCUT2D eigenvalue weighted by Gasteiger charge is 2.76. The molecule has 2 rings (SSSR count). The molecular weight excluding hydrogens is 310 g/mol. The van der Waals surface area contributed by atoms with Crippen molar-refractivity contribution in [2.45, 2.75) is 32.3 Å². The Labute approximate surface area is 142 Å². The van der Waals surface area contributed by atoms with E-state index in [9.17, 15) is 14.7 Å². The van der Waals surface area contributed by atoms with E-state index in [1.54, 1.807) is 20.8 Å². The average molecular weight is 335 g/mol. The normalized spacial score (nSPS) is 25.9.